The van der Waals surface area contributed by atoms with Crippen LogP contribution in [0.3, 0.4) is 0 Å². The van der Waals surface area contributed by atoms with Crippen molar-refractivity contribution in [2.24, 2.45) is 17.6 Å². The van der Waals surface area contributed by atoms with Gasteiger partial charge in [-0.1, -0.05) is 20.8 Å². The van der Waals surface area contributed by atoms with Gasteiger partial charge in [-0.2, -0.15) is 0 Å². The fourth-order valence-electron chi connectivity index (χ4n) is 1.36. The van der Waals surface area contributed by atoms with Crippen LogP contribution in [0.25, 0.3) is 0 Å². The predicted molar refractivity (Wildman–Crippen MR) is 61.9 cm³/mol. The second-order valence-electron chi connectivity index (χ2n) is 4.40. The maximum Gasteiger partial charge on any atom is 0.326 e. The van der Waals surface area contributed by atoms with Gasteiger partial charge in [-0.15, -0.1) is 0 Å². The Labute approximate surface area is 96.4 Å². The third-order valence-corrected chi connectivity index (χ3v) is 2.52. The molecule has 0 rings (SSSR count). The molecule has 4 N–H and O–H groups in total. The molecule has 5 heteroatoms. The average Bonchev–Trinajstić information content (AvgIpc) is 2.20. The van der Waals surface area contributed by atoms with E-state index < -0.39 is 12.0 Å². The third-order valence-electron chi connectivity index (χ3n) is 2.52. The van der Waals surface area contributed by atoms with E-state index >= 15 is 0 Å². The van der Waals surface area contributed by atoms with E-state index in [0.29, 0.717) is 13.0 Å². The van der Waals surface area contributed by atoms with E-state index in [4.69, 9.17) is 10.8 Å². The van der Waals surface area contributed by atoms with E-state index in [1.807, 2.05) is 0 Å². The number of carbonyl (C=O) groups is 2. The quantitative estimate of drug-likeness (QED) is 0.596. The summed E-state index contributed by atoms with van der Waals surface area (Å²) in [6, 6.07) is -0.812. The number of hydrogen-bond donors (Lipinski definition) is 3. The zero-order chi connectivity index (χ0) is 12.7. The van der Waals surface area contributed by atoms with Gasteiger partial charge in [0.2, 0.25) is 5.91 Å². The maximum atomic E-state index is 11.7. The number of carbonyl (C=O) groups excluding carboxylic acids is 1. The minimum absolute atomic E-state index is 0.122. The van der Waals surface area contributed by atoms with Gasteiger partial charge in [0.15, 0.2) is 0 Å². The average molecular weight is 230 g/mol. The summed E-state index contributed by atoms with van der Waals surface area (Å²) in [5, 5.41) is 11.5. The van der Waals surface area contributed by atoms with Crippen LogP contribution in [0.5, 0.6) is 0 Å². The highest BCUT2D eigenvalue weighted by molar-refractivity contribution is 5.84. The zero-order valence-electron chi connectivity index (χ0n) is 10.2. The fourth-order valence-corrected chi connectivity index (χ4v) is 1.36. The summed E-state index contributed by atoms with van der Waals surface area (Å²) in [6.07, 6.45) is 1.46. The number of nitrogens with two attached hydrogens (primary N) is 1. The first-order chi connectivity index (χ1) is 7.40. The Hall–Kier alpha value is -1.10. The van der Waals surface area contributed by atoms with Crippen LogP contribution in [0.2, 0.25) is 0 Å². The largest absolute Gasteiger partial charge is 0.480 e. The normalized spacial score (nSPS) is 14.6. The Morgan fingerprint density at radius 2 is 1.88 bits per heavy atom. The maximum absolute atomic E-state index is 11.7. The lowest BCUT2D eigenvalue weighted by molar-refractivity contribution is -0.143. The van der Waals surface area contributed by atoms with Crippen molar-refractivity contribution in [2.45, 2.75) is 39.7 Å². The van der Waals surface area contributed by atoms with Crippen molar-refractivity contribution >= 4 is 11.9 Å². The van der Waals surface area contributed by atoms with E-state index in [2.05, 4.69) is 5.32 Å². The summed E-state index contributed by atoms with van der Waals surface area (Å²) in [4.78, 5) is 22.5. The van der Waals surface area contributed by atoms with E-state index in [1.54, 1.807) is 20.8 Å². The van der Waals surface area contributed by atoms with Crippen LogP contribution in [0.4, 0.5) is 0 Å². The first-order valence-corrected chi connectivity index (χ1v) is 5.63. The minimum Gasteiger partial charge on any atom is -0.480 e. The molecule has 0 aliphatic heterocycles. The molecule has 0 radical (unpaired) electrons. The Kier molecular flexibility index (Phi) is 6.72. The third kappa shape index (κ3) is 5.11. The highest BCUT2D eigenvalue weighted by atomic mass is 16.4. The van der Waals surface area contributed by atoms with E-state index in [1.165, 1.54) is 0 Å². The van der Waals surface area contributed by atoms with Crippen LogP contribution in [-0.2, 0) is 9.59 Å². The van der Waals surface area contributed by atoms with Crippen LogP contribution in [0.1, 0.15) is 33.6 Å². The number of rotatable bonds is 7. The Morgan fingerprint density at radius 1 is 1.31 bits per heavy atom. The summed E-state index contributed by atoms with van der Waals surface area (Å²) < 4.78 is 0. The lowest BCUT2D eigenvalue weighted by Crippen LogP contribution is -2.46. The molecule has 94 valence electrons. The van der Waals surface area contributed by atoms with Crippen molar-refractivity contribution in [1.82, 2.24) is 5.32 Å². The number of carboxylic acid groups (broad SMARTS) is 1. The van der Waals surface area contributed by atoms with Gasteiger partial charge in [-0.3, -0.25) is 4.79 Å². The summed E-state index contributed by atoms with van der Waals surface area (Å²) in [5.74, 6) is -1.52. The molecule has 0 aromatic rings. The first-order valence-electron chi connectivity index (χ1n) is 5.63. The van der Waals surface area contributed by atoms with Gasteiger partial charge in [0.05, 0.1) is 0 Å². The molecule has 1 unspecified atom stereocenters. The predicted octanol–water partition coefficient (Wildman–Crippen LogP) is 0.587. The van der Waals surface area contributed by atoms with Crippen molar-refractivity contribution < 1.29 is 14.7 Å². The highest BCUT2D eigenvalue weighted by Gasteiger charge is 2.25. The number of hydrogen-bond acceptors (Lipinski definition) is 3. The van der Waals surface area contributed by atoms with Gasteiger partial charge >= 0.3 is 5.97 Å². The Morgan fingerprint density at radius 3 is 2.25 bits per heavy atom. The monoisotopic (exact) mass is 230 g/mol. The second-order valence-corrected chi connectivity index (χ2v) is 4.40. The number of nitrogens with one attached hydrogen (secondary N) is 1. The molecule has 0 aromatic heterocycles. The summed E-state index contributed by atoms with van der Waals surface area (Å²) in [5.41, 5.74) is 5.35. The molecule has 2 atom stereocenters. The molecule has 0 aliphatic carbocycles. The Balaban J connectivity index is 4.24. The molecular weight excluding hydrogens is 208 g/mol. The van der Waals surface area contributed by atoms with Crippen LogP contribution in [0.15, 0.2) is 0 Å². The van der Waals surface area contributed by atoms with Gasteiger partial charge in [0, 0.05) is 5.92 Å². The molecule has 0 spiro atoms. The molecule has 0 aromatic carbocycles. The van der Waals surface area contributed by atoms with Gasteiger partial charge in [0.25, 0.3) is 0 Å². The van der Waals surface area contributed by atoms with Crippen molar-refractivity contribution in [1.29, 1.82) is 0 Å². The molecule has 0 heterocycles. The molecule has 0 saturated heterocycles. The van der Waals surface area contributed by atoms with E-state index in [0.717, 1.165) is 6.42 Å². The van der Waals surface area contributed by atoms with Crippen LogP contribution in [-0.4, -0.2) is 29.6 Å². The molecule has 0 aliphatic rings. The number of carboxylic acids is 1. The second kappa shape index (κ2) is 7.22. The first kappa shape index (κ1) is 14.9. The van der Waals surface area contributed by atoms with Crippen LogP contribution in [0, 0.1) is 11.8 Å². The lowest BCUT2D eigenvalue weighted by atomic mass is 10.0. The topological polar surface area (TPSA) is 92.4 Å². The summed E-state index contributed by atoms with van der Waals surface area (Å²) in [6.45, 7) is 5.86. The van der Waals surface area contributed by atoms with Gasteiger partial charge in [-0.25, -0.2) is 4.79 Å². The number of amides is 1. The summed E-state index contributed by atoms with van der Waals surface area (Å²) in [7, 11) is 0. The molecule has 1 amide bonds. The zero-order valence-corrected chi connectivity index (χ0v) is 10.2. The standard InChI is InChI=1S/C11H22N2O3/c1-7(2)9(11(15)16)13-10(14)8(3)5-4-6-12/h7-9H,4-6,12H2,1-3H3,(H,13,14)(H,15,16)/t8?,9-/m1/s1. The van der Waals surface area contributed by atoms with Crippen molar-refractivity contribution in [2.75, 3.05) is 6.54 Å². The summed E-state index contributed by atoms with van der Waals surface area (Å²) >= 11 is 0. The fraction of sp³-hybridized carbons (Fsp3) is 0.818. The van der Waals surface area contributed by atoms with Gasteiger partial charge in [-0.05, 0) is 25.3 Å². The van der Waals surface area contributed by atoms with Crippen LogP contribution < -0.4 is 11.1 Å². The molecule has 0 saturated carbocycles. The molecule has 16 heavy (non-hydrogen) atoms. The van der Waals surface area contributed by atoms with Crippen molar-refractivity contribution in [3.8, 4) is 0 Å². The van der Waals surface area contributed by atoms with Gasteiger partial charge < -0.3 is 16.2 Å². The molecular formula is C11H22N2O3. The van der Waals surface area contributed by atoms with E-state index in [9.17, 15) is 9.59 Å². The van der Waals surface area contributed by atoms with E-state index in [-0.39, 0.29) is 17.7 Å². The Bertz CT molecular complexity index is 241. The highest BCUT2D eigenvalue weighted by Crippen LogP contribution is 2.08. The SMILES string of the molecule is CC(CCCN)C(=O)N[C@@H](C(=O)O)C(C)C. The molecule has 0 fully saturated rings. The minimum atomic E-state index is -0.991. The lowest BCUT2D eigenvalue weighted by Gasteiger charge is -2.20. The molecule has 0 bridgehead atoms. The van der Waals surface area contributed by atoms with Crippen molar-refractivity contribution in [3.05, 3.63) is 0 Å². The van der Waals surface area contributed by atoms with Crippen LogP contribution >= 0.6 is 0 Å². The van der Waals surface area contributed by atoms with Crippen molar-refractivity contribution in [3.63, 3.8) is 0 Å². The number of aliphatic carboxylic acids is 1. The molecule has 5 nitrogen and oxygen atoms in total. The van der Waals surface area contributed by atoms with Gasteiger partial charge in [0.1, 0.15) is 6.04 Å². The smallest absolute Gasteiger partial charge is 0.326 e.